The first-order chi connectivity index (χ1) is 14.5. The summed E-state index contributed by atoms with van der Waals surface area (Å²) in [6, 6.07) is 14.2. The number of amides is 2. The number of nitrogens with one attached hydrogen (secondary N) is 2. The van der Waals surface area contributed by atoms with Crippen molar-refractivity contribution < 1.29 is 14.5 Å². The molecule has 3 rings (SSSR count). The van der Waals surface area contributed by atoms with E-state index in [0.29, 0.717) is 13.0 Å². The van der Waals surface area contributed by atoms with Crippen molar-refractivity contribution in [1.82, 2.24) is 5.32 Å². The summed E-state index contributed by atoms with van der Waals surface area (Å²) in [6.07, 6.45) is 5.26. The minimum atomic E-state index is -0.921. The molecule has 1 heterocycles. The molecule has 0 aromatic heterocycles. The van der Waals surface area contributed by atoms with E-state index in [0.717, 1.165) is 19.5 Å². The van der Waals surface area contributed by atoms with Gasteiger partial charge in [0.15, 0.2) is 0 Å². The molecular formula is C22H26N4O4. The second-order valence-corrected chi connectivity index (χ2v) is 7.30. The van der Waals surface area contributed by atoms with Crippen LogP contribution in [0.3, 0.4) is 0 Å². The molecule has 2 aromatic carbocycles. The van der Waals surface area contributed by atoms with Crippen LogP contribution in [0.5, 0.6) is 0 Å². The molecule has 8 nitrogen and oxygen atoms in total. The summed E-state index contributed by atoms with van der Waals surface area (Å²) in [6.45, 7) is 2.57. The number of anilines is 2. The van der Waals surface area contributed by atoms with E-state index in [4.69, 9.17) is 0 Å². The van der Waals surface area contributed by atoms with Crippen LogP contribution in [-0.2, 0) is 16.0 Å². The Morgan fingerprint density at radius 2 is 1.67 bits per heavy atom. The van der Waals surface area contributed by atoms with Gasteiger partial charge in [-0.2, -0.15) is 0 Å². The van der Waals surface area contributed by atoms with Crippen LogP contribution in [0.1, 0.15) is 31.2 Å². The van der Waals surface area contributed by atoms with Gasteiger partial charge in [-0.1, -0.05) is 24.3 Å². The number of carbonyl (C=O) groups excluding carboxylic acids is 2. The molecule has 1 saturated heterocycles. The molecule has 0 spiro atoms. The maximum Gasteiger partial charge on any atom is 0.313 e. The Labute approximate surface area is 175 Å². The number of hydrogen-bond donors (Lipinski definition) is 2. The molecule has 0 aliphatic carbocycles. The van der Waals surface area contributed by atoms with Gasteiger partial charge in [-0.3, -0.25) is 19.7 Å². The molecule has 0 atom stereocenters. The Hall–Kier alpha value is -3.42. The van der Waals surface area contributed by atoms with Crippen molar-refractivity contribution in [2.75, 3.05) is 29.9 Å². The molecule has 30 heavy (non-hydrogen) atoms. The standard InChI is InChI=1S/C22H26N4O4/c27-21(22(28)24-19-8-2-3-9-20(19)26(29)30)23-14-6-7-17-10-12-18(13-11-17)25-15-4-1-5-16-25/h2-3,8-13H,1,4-7,14-16H2,(H,23,27)(H,24,28). The molecule has 0 saturated carbocycles. The summed E-state index contributed by atoms with van der Waals surface area (Å²) in [7, 11) is 0. The highest BCUT2D eigenvalue weighted by molar-refractivity contribution is 6.39. The third-order valence-electron chi connectivity index (χ3n) is 5.14. The number of hydrogen-bond acceptors (Lipinski definition) is 5. The van der Waals surface area contributed by atoms with Crippen LogP contribution in [0.2, 0.25) is 0 Å². The van der Waals surface area contributed by atoms with Crippen molar-refractivity contribution in [3.8, 4) is 0 Å². The molecule has 2 aromatic rings. The molecule has 1 fully saturated rings. The molecule has 8 heteroatoms. The number of nitro groups is 1. The smallest absolute Gasteiger partial charge is 0.313 e. The van der Waals surface area contributed by atoms with Crippen LogP contribution in [0.15, 0.2) is 48.5 Å². The number of carbonyl (C=O) groups is 2. The minimum absolute atomic E-state index is 0.00329. The monoisotopic (exact) mass is 410 g/mol. The number of nitrogens with zero attached hydrogens (tertiary/aromatic N) is 2. The molecule has 0 unspecified atom stereocenters. The fourth-order valence-corrected chi connectivity index (χ4v) is 3.52. The molecule has 0 bridgehead atoms. The Morgan fingerprint density at radius 1 is 0.967 bits per heavy atom. The first kappa shape index (κ1) is 21.3. The highest BCUT2D eigenvalue weighted by atomic mass is 16.6. The maximum absolute atomic E-state index is 12.0. The normalized spacial score (nSPS) is 13.5. The molecule has 2 amide bonds. The third-order valence-corrected chi connectivity index (χ3v) is 5.14. The van der Waals surface area contributed by atoms with Crippen molar-refractivity contribution in [2.45, 2.75) is 32.1 Å². The zero-order valence-electron chi connectivity index (χ0n) is 16.8. The van der Waals surface area contributed by atoms with Crippen LogP contribution >= 0.6 is 0 Å². The molecule has 2 N–H and O–H groups in total. The van der Waals surface area contributed by atoms with E-state index in [1.54, 1.807) is 6.07 Å². The highest BCUT2D eigenvalue weighted by Crippen LogP contribution is 2.23. The van der Waals surface area contributed by atoms with E-state index in [-0.39, 0.29) is 11.4 Å². The minimum Gasteiger partial charge on any atom is -0.372 e. The zero-order chi connectivity index (χ0) is 21.3. The second kappa shape index (κ2) is 10.4. The summed E-state index contributed by atoms with van der Waals surface area (Å²) in [5.41, 5.74) is 2.16. The van der Waals surface area contributed by atoms with E-state index in [1.807, 2.05) is 0 Å². The number of piperidine rings is 1. The number of benzene rings is 2. The van der Waals surface area contributed by atoms with Crippen molar-refractivity contribution >= 4 is 28.9 Å². The lowest BCUT2D eigenvalue weighted by atomic mass is 10.1. The van der Waals surface area contributed by atoms with Crippen LogP contribution < -0.4 is 15.5 Å². The van der Waals surface area contributed by atoms with Gasteiger partial charge in [0.1, 0.15) is 5.69 Å². The van der Waals surface area contributed by atoms with Crippen LogP contribution in [0, 0.1) is 10.1 Å². The summed E-state index contributed by atoms with van der Waals surface area (Å²) in [4.78, 5) is 36.7. The first-order valence-electron chi connectivity index (χ1n) is 10.2. The van der Waals surface area contributed by atoms with Crippen molar-refractivity contribution in [1.29, 1.82) is 0 Å². The van der Waals surface area contributed by atoms with Gasteiger partial charge >= 0.3 is 11.8 Å². The fourth-order valence-electron chi connectivity index (χ4n) is 3.52. The largest absolute Gasteiger partial charge is 0.372 e. The number of rotatable bonds is 7. The van der Waals surface area contributed by atoms with E-state index < -0.39 is 16.7 Å². The molecule has 1 aliphatic rings. The molecular weight excluding hydrogens is 384 g/mol. The number of para-hydroxylation sites is 2. The van der Waals surface area contributed by atoms with E-state index in [1.165, 1.54) is 48.7 Å². The van der Waals surface area contributed by atoms with Gasteiger partial charge in [-0.25, -0.2) is 0 Å². The Kier molecular flexibility index (Phi) is 7.37. The summed E-state index contributed by atoms with van der Waals surface area (Å²) < 4.78 is 0. The lowest BCUT2D eigenvalue weighted by molar-refractivity contribution is -0.383. The van der Waals surface area contributed by atoms with Crippen molar-refractivity contribution in [3.05, 3.63) is 64.2 Å². The van der Waals surface area contributed by atoms with Gasteiger partial charge in [-0.15, -0.1) is 0 Å². The van der Waals surface area contributed by atoms with E-state index >= 15 is 0 Å². The van der Waals surface area contributed by atoms with Crippen LogP contribution in [0.4, 0.5) is 17.1 Å². The lowest BCUT2D eigenvalue weighted by Crippen LogP contribution is -2.36. The van der Waals surface area contributed by atoms with E-state index in [9.17, 15) is 19.7 Å². The predicted molar refractivity (Wildman–Crippen MR) is 116 cm³/mol. The quantitative estimate of drug-likeness (QED) is 0.315. The van der Waals surface area contributed by atoms with Gasteiger partial charge < -0.3 is 15.5 Å². The van der Waals surface area contributed by atoms with Gasteiger partial charge in [0.05, 0.1) is 4.92 Å². The average Bonchev–Trinajstić information content (AvgIpc) is 2.77. The predicted octanol–water partition coefficient (Wildman–Crippen LogP) is 3.27. The van der Waals surface area contributed by atoms with Gasteiger partial charge in [0, 0.05) is 31.4 Å². The van der Waals surface area contributed by atoms with E-state index in [2.05, 4.69) is 39.8 Å². The third kappa shape index (κ3) is 5.79. The highest BCUT2D eigenvalue weighted by Gasteiger charge is 2.19. The Balaban J connectivity index is 1.41. The molecule has 158 valence electrons. The summed E-state index contributed by atoms with van der Waals surface area (Å²) >= 11 is 0. The second-order valence-electron chi connectivity index (χ2n) is 7.30. The molecule has 1 aliphatic heterocycles. The van der Waals surface area contributed by atoms with Crippen molar-refractivity contribution in [3.63, 3.8) is 0 Å². The molecule has 0 radical (unpaired) electrons. The van der Waals surface area contributed by atoms with Gasteiger partial charge in [0.25, 0.3) is 5.69 Å². The lowest BCUT2D eigenvalue weighted by Gasteiger charge is -2.28. The average molecular weight is 410 g/mol. The number of nitro benzene ring substituents is 1. The fraction of sp³-hybridized carbons (Fsp3) is 0.364. The Morgan fingerprint density at radius 3 is 2.37 bits per heavy atom. The van der Waals surface area contributed by atoms with Crippen LogP contribution in [0.25, 0.3) is 0 Å². The number of aryl methyl sites for hydroxylation is 1. The summed E-state index contributed by atoms with van der Waals surface area (Å²) in [5, 5.41) is 15.8. The zero-order valence-corrected chi connectivity index (χ0v) is 16.8. The first-order valence-corrected chi connectivity index (χ1v) is 10.2. The summed E-state index contributed by atoms with van der Waals surface area (Å²) in [5.74, 6) is -1.73. The maximum atomic E-state index is 12.0. The van der Waals surface area contributed by atoms with Gasteiger partial charge in [-0.05, 0) is 55.9 Å². The topological polar surface area (TPSA) is 105 Å². The van der Waals surface area contributed by atoms with Crippen LogP contribution in [-0.4, -0.2) is 36.4 Å². The van der Waals surface area contributed by atoms with Crippen molar-refractivity contribution in [2.24, 2.45) is 0 Å². The Bertz CT molecular complexity index is 892. The van der Waals surface area contributed by atoms with Gasteiger partial charge in [0.2, 0.25) is 0 Å². The SMILES string of the molecule is O=C(NCCCc1ccc(N2CCCCC2)cc1)C(=O)Nc1ccccc1[N+](=O)[O-].